The number of hydrogen-bond donors (Lipinski definition) is 1. The standard InChI is InChI=1S/C17H19N3O2S2/c1-3-22-13(21)10-20-15(16-11(2)7-9-24-16)14(19-17(20)23)12-6-4-5-8-18-12/h4-9,14-15H,3,10H2,1-2H3,(H,19,23)/t14-,15-/m0/s1. The number of carbonyl (C=O) groups excluding carboxylic acids is 1. The van der Waals surface area contributed by atoms with E-state index >= 15 is 0 Å². The second-order valence-electron chi connectivity index (χ2n) is 5.53. The average Bonchev–Trinajstić information content (AvgIpc) is 3.12. The Hall–Kier alpha value is -1.99. The van der Waals surface area contributed by atoms with Crippen LogP contribution in [0.4, 0.5) is 0 Å². The maximum atomic E-state index is 12.0. The summed E-state index contributed by atoms with van der Waals surface area (Å²) in [5.41, 5.74) is 2.09. The van der Waals surface area contributed by atoms with Gasteiger partial charge in [-0.05, 0) is 55.2 Å². The molecule has 1 N–H and O–H groups in total. The summed E-state index contributed by atoms with van der Waals surface area (Å²) in [7, 11) is 0. The van der Waals surface area contributed by atoms with Gasteiger partial charge in [0.05, 0.1) is 24.4 Å². The summed E-state index contributed by atoms with van der Waals surface area (Å²) in [5, 5.41) is 5.94. The van der Waals surface area contributed by atoms with Gasteiger partial charge in [0.2, 0.25) is 0 Å². The number of thiocarbonyl (C=S) groups is 1. The largest absolute Gasteiger partial charge is 0.465 e. The van der Waals surface area contributed by atoms with Crippen molar-refractivity contribution in [3.05, 3.63) is 52.0 Å². The third-order valence-corrected chi connectivity index (χ3v) is 5.41. The van der Waals surface area contributed by atoms with Crippen molar-refractivity contribution in [1.82, 2.24) is 15.2 Å². The van der Waals surface area contributed by atoms with Gasteiger partial charge in [-0.25, -0.2) is 0 Å². The molecule has 1 aliphatic heterocycles. The van der Waals surface area contributed by atoms with Gasteiger partial charge in [0.15, 0.2) is 5.11 Å². The minimum absolute atomic E-state index is 0.0724. The Kier molecular flexibility index (Phi) is 5.11. The molecule has 0 aliphatic carbocycles. The molecule has 0 spiro atoms. The van der Waals surface area contributed by atoms with Crippen LogP contribution in [-0.2, 0) is 9.53 Å². The molecule has 3 heterocycles. The Balaban J connectivity index is 1.97. The van der Waals surface area contributed by atoms with Crippen molar-refractivity contribution in [2.75, 3.05) is 13.2 Å². The Morgan fingerprint density at radius 2 is 2.29 bits per heavy atom. The van der Waals surface area contributed by atoms with Crippen LogP contribution in [0.25, 0.3) is 0 Å². The zero-order chi connectivity index (χ0) is 17.1. The van der Waals surface area contributed by atoms with E-state index in [1.54, 1.807) is 24.5 Å². The van der Waals surface area contributed by atoms with Crippen LogP contribution in [0.1, 0.15) is 35.1 Å². The fourth-order valence-corrected chi connectivity index (χ4v) is 4.27. The zero-order valence-corrected chi connectivity index (χ0v) is 15.2. The number of nitrogens with one attached hydrogen (secondary N) is 1. The highest BCUT2D eigenvalue weighted by Gasteiger charge is 2.41. The lowest BCUT2D eigenvalue weighted by molar-refractivity contribution is -0.143. The molecule has 7 heteroatoms. The predicted molar refractivity (Wildman–Crippen MR) is 97.8 cm³/mol. The van der Waals surface area contributed by atoms with Gasteiger partial charge >= 0.3 is 5.97 Å². The summed E-state index contributed by atoms with van der Waals surface area (Å²) in [6.07, 6.45) is 1.77. The quantitative estimate of drug-likeness (QED) is 0.653. The normalized spacial score (nSPS) is 20.1. The highest BCUT2D eigenvalue weighted by atomic mass is 32.1. The van der Waals surface area contributed by atoms with Gasteiger partial charge in [0.25, 0.3) is 0 Å². The van der Waals surface area contributed by atoms with Gasteiger partial charge in [0.1, 0.15) is 6.54 Å². The molecule has 126 valence electrons. The molecular formula is C17H19N3O2S2. The van der Waals surface area contributed by atoms with Crippen LogP contribution in [-0.4, -0.2) is 34.1 Å². The van der Waals surface area contributed by atoms with E-state index in [2.05, 4.69) is 28.7 Å². The van der Waals surface area contributed by atoms with Crippen LogP contribution in [0.3, 0.4) is 0 Å². The van der Waals surface area contributed by atoms with Crippen LogP contribution in [0, 0.1) is 6.92 Å². The fourth-order valence-electron chi connectivity index (χ4n) is 2.89. The van der Waals surface area contributed by atoms with Gasteiger partial charge in [-0.3, -0.25) is 9.78 Å². The van der Waals surface area contributed by atoms with E-state index in [0.29, 0.717) is 11.7 Å². The number of hydrogen-bond acceptors (Lipinski definition) is 5. The van der Waals surface area contributed by atoms with Crippen LogP contribution < -0.4 is 5.32 Å². The van der Waals surface area contributed by atoms with Crippen molar-refractivity contribution in [1.29, 1.82) is 0 Å². The molecule has 0 bridgehead atoms. The molecule has 1 fully saturated rings. The van der Waals surface area contributed by atoms with Crippen molar-refractivity contribution >= 4 is 34.6 Å². The average molecular weight is 361 g/mol. The molecular weight excluding hydrogens is 342 g/mol. The number of ether oxygens (including phenoxy) is 1. The third kappa shape index (κ3) is 3.27. The smallest absolute Gasteiger partial charge is 0.325 e. The molecule has 0 radical (unpaired) electrons. The summed E-state index contributed by atoms with van der Waals surface area (Å²) in [5.74, 6) is -0.275. The summed E-state index contributed by atoms with van der Waals surface area (Å²) >= 11 is 7.17. The molecule has 1 aliphatic rings. The highest BCUT2D eigenvalue weighted by Crippen LogP contribution is 2.41. The lowest BCUT2D eigenvalue weighted by Gasteiger charge is -2.26. The third-order valence-electron chi connectivity index (χ3n) is 3.97. The van der Waals surface area contributed by atoms with Gasteiger partial charge in [0, 0.05) is 11.1 Å². The van der Waals surface area contributed by atoms with Crippen molar-refractivity contribution < 1.29 is 9.53 Å². The number of aromatic nitrogens is 1. The summed E-state index contributed by atoms with van der Waals surface area (Å²) in [4.78, 5) is 19.6. The number of pyridine rings is 1. The molecule has 1 saturated heterocycles. The van der Waals surface area contributed by atoms with E-state index in [-0.39, 0.29) is 24.6 Å². The molecule has 2 aromatic rings. The van der Waals surface area contributed by atoms with Crippen LogP contribution in [0.5, 0.6) is 0 Å². The van der Waals surface area contributed by atoms with Crippen LogP contribution >= 0.6 is 23.6 Å². The SMILES string of the molecule is CCOC(=O)CN1C(=S)N[C@@H](c2ccccn2)[C@H]1c1sccc1C. The second kappa shape index (κ2) is 7.27. The number of nitrogens with zero attached hydrogens (tertiary/aromatic N) is 2. The predicted octanol–water partition coefficient (Wildman–Crippen LogP) is 2.99. The first-order valence-corrected chi connectivity index (χ1v) is 9.08. The maximum absolute atomic E-state index is 12.0. The number of thiophene rings is 1. The van der Waals surface area contributed by atoms with E-state index in [4.69, 9.17) is 17.0 Å². The van der Waals surface area contributed by atoms with Crippen molar-refractivity contribution in [3.63, 3.8) is 0 Å². The van der Waals surface area contributed by atoms with Crippen LogP contribution in [0.15, 0.2) is 35.8 Å². The van der Waals surface area contributed by atoms with E-state index < -0.39 is 0 Å². The Labute approximate surface area is 150 Å². The number of aryl methyl sites for hydroxylation is 1. The Bertz CT molecular complexity index is 732. The summed E-state index contributed by atoms with van der Waals surface area (Å²) in [6.45, 7) is 4.37. The first-order valence-electron chi connectivity index (χ1n) is 7.79. The molecule has 2 aromatic heterocycles. The van der Waals surface area contributed by atoms with Gasteiger partial charge < -0.3 is 15.0 Å². The topological polar surface area (TPSA) is 54.5 Å². The summed E-state index contributed by atoms with van der Waals surface area (Å²) < 4.78 is 5.11. The lowest BCUT2D eigenvalue weighted by Crippen LogP contribution is -2.35. The van der Waals surface area contributed by atoms with Crippen molar-refractivity contribution in [2.24, 2.45) is 0 Å². The van der Waals surface area contributed by atoms with Gasteiger partial charge in [-0.1, -0.05) is 6.07 Å². The number of esters is 1. The lowest BCUT2D eigenvalue weighted by atomic mass is 10.0. The molecule has 0 aromatic carbocycles. The minimum Gasteiger partial charge on any atom is -0.465 e. The first-order chi connectivity index (χ1) is 11.6. The molecule has 2 atom stereocenters. The van der Waals surface area contributed by atoms with Gasteiger partial charge in [-0.15, -0.1) is 11.3 Å². The molecule has 0 amide bonds. The Morgan fingerprint density at radius 3 is 2.92 bits per heavy atom. The molecule has 0 saturated carbocycles. The van der Waals surface area contributed by atoms with Crippen molar-refractivity contribution in [3.8, 4) is 0 Å². The zero-order valence-electron chi connectivity index (χ0n) is 13.6. The summed E-state index contributed by atoms with van der Waals surface area (Å²) in [6, 6.07) is 7.74. The highest BCUT2D eigenvalue weighted by molar-refractivity contribution is 7.80. The fraction of sp³-hybridized carbons (Fsp3) is 0.353. The Morgan fingerprint density at radius 1 is 1.46 bits per heavy atom. The van der Waals surface area contributed by atoms with Crippen LogP contribution in [0.2, 0.25) is 0 Å². The minimum atomic E-state index is -0.275. The molecule has 3 rings (SSSR count). The molecule has 24 heavy (non-hydrogen) atoms. The number of carbonyl (C=O) groups is 1. The maximum Gasteiger partial charge on any atom is 0.325 e. The number of rotatable bonds is 5. The van der Waals surface area contributed by atoms with E-state index in [1.165, 1.54) is 10.4 Å². The monoisotopic (exact) mass is 361 g/mol. The van der Waals surface area contributed by atoms with Gasteiger partial charge in [-0.2, -0.15) is 0 Å². The second-order valence-corrected chi connectivity index (χ2v) is 6.86. The molecule has 0 unspecified atom stereocenters. The molecule has 5 nitrogen and oxygen atoms in total. The van der Waals surface area contributed by atoms with E-state index in [9.17, 15) is 4.79 Å². The first kappa shape index (κ1) is 16.9. The van der Waals surface area contributed by atoms with E-state index in [1.807, 2.05) is 23.1 Å². The van der Waals surface area contributed by atoms with Crippen molar-refractivity contribution in [2.45, 2.75) is 25.9 Å². The van der Waals surface area contributed by atoms with E-state index in [0.717, 1.165) is 5.69 Å².